The minimum Gasteiger partial charge on any atom is -0.391 e. The molecule has 4 nitrogen and oxygen atoms in total. The second-order valence-corrected chi connectivity index (χ2v) is 6.92. The molecule has 0 saturated carbocycles. The van der Waals surface area contributed by atoms with E-state index in [0.717, 1.165) is 25.9 Å². The number of hydrogen-bond acceptors (Lipinski definition) is 3. The predicted molar refractivity (Wildman–Crippen MR) is 88.6 cm³/mol. The lowest BCUT2D eigenvalue weighted by molar-refractivity contribution is -0.134. The van der Waals surface area contributed by atoms with Crippen LogP contribution < -0.4 is 5.73 Å². The van der Waals surface area contributed by atoms with Gasteiger partial charge in [-0.15, -0.1) is 0 Å². The molecule has 4 heteroatoms. The first kappa shape index (κ1) is 17.0. The molecule has 1 heterocycles. The number of aliphatic hydroxyl groups is 1. The number of benzene rings is 1. The third kappa shape index (κ3) is 4.08. The highest BCUT2D eigenvalue weighted by Gasteiger charge is 2.31. The number of aryl methyl sites for hydroxylation is 1. The molecule has 1 amide bonds. The number of aliphatic hydroxyl groups excluding tert-OH is 1. The van der Waals surface area contributed by atoms with E-state index in [4.69, 9.17) is 5.73 Å². The summed E-state index contributed by atoms with van der Waals surface area (Å²) in [5.41, 5.74) is 7.79. The van der Waals surface area contributed by atoms with Gasteiger partial charge in [0.05, 0.1) is 6.10 Å². The summed E-state index contributed by atoms with van der Waals surface area (Å²) in [4.78, 5) is 14.2. The Morgan fingerprint density at radius 3 is 2.41 bits per heavy atom. The molecule has 2 atom stereocenters. The number of hydrogen-bond donors (Lipinski definition) is 2. The third-order valence-corrected chi connectivity index (χ3v) is 4.88. The number of carbonyl (C=O) groups excluding carboxylic acids is 1. The molecule has 2 rings (SSSR count). The van der Waals surface area contributed by atoms with Crippen LogP contribution in [0.15, 0.2) is 24.3 Å². The van der Waals surface area contributed by atoms with Crippen molar-refractivity contribution in [2.24, 2.45) is 5.73 Å². The lowest BCUT2D eigenvalue weighted by Gasteiger charge is -2.35. The number of rotatable bonds is 4. The molecular weight excluding hydrogens is 276 g/mol. The van der Waals surface area contributed by atoms with Crippen molar-refractivity contribution in [1.82, 2.24) is 4.90 Å². The molecule has 1 fully saturated rings. The van der Waals surface area contributed by atoms with Crippen LogP contribution in [0.4, 0.5) is 0 Å². The maximum atomic E-state index is 12.3. The number of piperidine rings is 1. The van der Waals surface area contributed by atoms with Gasteiger partial charge in [-0.25, -0.2) is 0 Å². The number of nitrogens with two attached hydrogens (primary N) is 1. The molecule has 122 valence electrons. The van der Waals surface area contributed by atoms with Crippen LogP contribution in [0.2, 0.25) is 0 Å². The van der Waals surface area contributed by atoms with Crippen molar-refractivity contribution in [3.63, 3.8) is 0 Å². The van der Waals surface area contributed by atoms with Gasteiger partial charge in [0.1, 0.15) is 0 Å². The van der Waals surface area contributed by atoms with Crippen LogP contribution in [0, 0.1) is 6.92 Å². The average Bonchev–Trinajstić information content (AvgIpc) is 2.47. The summed E-state index contributed by atoms with van der Waals surface area (Å²) in [5, 5.41) is 9.64. The highest BCUT2D eigenvalue weighted by atomic mass is 16.3. The summed E-state index contributed by atoms with van der Waals surface area (Å²) in [6.07, 6.45) is 1.48. The fourth-order valence-electron chi connectivity index (χ4n) is 2.89. The molecule has 0 aromatic heterocycles. The zero-order valence-electron chi connectivity index (χ0n) is 13.9. The lowest BCUT2D eigenvalue weighted by atomic mass is 9.88. The van der Waals surface area contributed by atoms with E-state index in [1.165, 1.54) is 11.1 Å². The normalized spacial score (nSPS) is 20.5. The molecule has 1 aromatic carbocycles. The van der Waals surface area contributed by atoms with Gasteiger partial charge in [-0.1, -0.05) is 29.8 Å². The van der Waals surface area contributed by atoms with Gasteiger partial charge < -0.3 is 15.7 Å². The SMILES string of the molecule is Cc1ccc(C2CCN(C(=O)CC(C)(N)C(C)O)CC2)cc1. The Bertz CT molecular complexity index is 500. The molecule has 0 aliphatic carbocycles. The van der Waals surface area contributed by atoms with Gasteiger partial charge in [-0.2, -0.15) is 0 Å². The molecule has 1 saturated heterocycles. The smallest absolute Gasteiger partial charge is 0.224 e. The summed E-state index contributed by atoms with van der Waals surface area (Å²) in [6.45, 7) is 7.00. The van der Waals surface area contributed by atoms with Gasteiger partial charge in [0, 0.05) is 25.0 Å². The first-order chi connectivity index (χ1) is 10.3. The molecule has 1 aromatic rings. The van der Waals surface area contributed by atoms with Crippen molar-refractivity contribution in [2.75, 3.05) is 13.1 Å². The number of carbonyl (C=O) groups is 1. The molecular formula is C18H28N2O2. The van der Waals surface area contributed by atoms with E-state index in [1.54, 1.807) is 13.8 Å². The van der Waals surface area contributed by atoms with Crippen molar-refractivity contribution >= 4 is 5.91 Å². The summed E-state index contributed by atoms with van der Waals surface area (Å²) in [6, 6.07) is 8.69. The predicted octanol–water partition coefficient (Wildman–Crippen LogP) is 2.19. The molecule has 0 spiro atoms. The van der Waals surface area contributed by atoms with Crippen molar-refractivity contribution in [3.05, 3.63) is 35.4 Å². The fraction of sp³-hybridized carbons (Fsp3) is 0.611. The Kier molecular flexibility index (Phi) is 5.24. The van der Waals surface area contributed by atoms with Gasteiger partial charge in [0.25, 0.3) is 0 Å². The topological polar surface area (TPSA) is 66.6 Å². The van der Waals surface area contributed by atoms with E-state index in [0.29, 0.717) is 5.92 Å². The number of nitrogens with zero attached hydrogens (tertiary/aromatic N) is 1. The maximum Gasteiger partial charge on any atom is 0.224 e. The first-order valence-electron chi connectivity index (χ1n) is 8.11. The second kappa shape index (κ2) is 6.80. The van der Waals surface area contributed by atoms with E-state index in [1.807, 2.05) is 4.90 Å². The Hall–Kier alpha value is -1.39. The van der Waals surface area contributed by atoms with Crippen LogP contribution >= 0.6 is 0 Å². The molecule has 2 unspecified atom stereocenters. The Labute approximate surface area is 133 Å². The fourth-order valence-corrected chi connectivity index (χ4v) is 2.89. The first-order valence-corrected chi connectivity index (χ1v) is 8.11. The standard InChI is InChI=1S/C18H28N2O2/c1-13-4-6-15(7-5-13)16-8-10-20(11-9-16)17(22)12-18(3,19)14(2)21/h4-7,14,16,21H,8-12,19H2,1-3H3. The number of likely N-dealkylation sites (tertiary alicyclic amines) is 1. The Morgan fingerprint density at radius 1 is 1.36 bits per heavy atom. The van der Waals surface area contributed by atoms with Crippen LogP contribution in [-0.2, 0) is 4.79 Å². The van der Waals surface area contributed by atoms with Gasteiger partial charge in [0.15, 0.2) is 0 Å². The van der Waals surface area contributed by atoms with Gasteiger partial charge in [-0.05, 0) is 45.1 Å². The second-order valence-electron chi connectivity index (χ2n) is 6.92. The van der Waals surface area contributed by atoms with E-state index in [-0.39, 0.29) is 12.3 Å². The third-order valence-electron chi connectivity index (χ3n) is 4.88. The molecule has 0 radical (unpaired) electrons. The van der Waals surface area contributed by atoms with Crippen LogP contribution in [0.1, 0.15) is 50.2 Å². The van der Waals surface area contributed by atoms with Crippen molar-refractivity contribution in [3.8, 4) is 0 Å². The van der Waals surface area contributed by atoms with Crippen LogP contribution in [0.25, 0.3) is 0 Å². The van der Waals surface area contributed by atoms with E-state index < -0.39 is 11.6 Å². The molecule has 22 heavy (non-hydrogen) atoms. The van der Waals surface area contributed by atoms with Crippen LogP contribution in [0.5, 0.6) is 0 Å². The highest BCUT2D eigenvalue weighted by molar-refractivity contribution is 5.77. The van der Waals surface area contributed by atoms with Gasteiger partial charge in [-0.3, -0.25) is 4.79 Å². The quantitative estimate of drug-likeness (QED) is 0.896. The minimum atomic E-state index is -0.856. The van der Waals surface area contributed by atoms with Gasteiger partial charge in [0.2, 0.25) is 5.91 Å². The zero-order chi connectivity index (χ0) is 16.3. The number of amides is 1. The summed E-state index contributed by atoms with van der Waals surface area (Å²) >= 11 is 0. The molecule has 1 aliphatic rings. The van der Waals surface area contributed by atoms with Crippen molar-refractivity contribution < 1.29 is 9.90 Å². The summed E-state index contributed by atoms with van der Waals surface area (Å²) < 4.78 is 0. The van der Waals surface area contributed by atoms with Crippen LogP contribution in [0.3, 0.4) is 0 Å². The van der Waals surface area contributed by atoms with E-state index in [9.17, 15) is 9.90 Å². The Balaban J connectivity index is 1.89. The summed E-state index contributed by atoms with van der Waals surface area (Å²) in [5.74, 6) is 0.582. The maximum absolute atomic E-state index is 12.3. The lowest BCUT2D eigenvalue weighted by Crippen LogP contribution is -2.51. The highest BCUT2D eigenvalue weighted by Crippen LogP contribution is 2.29. The monoisotopic (exact) mass is 304 g/mol. The average molecular weight is 304 g/mol. The molecule has 1 aliphatic heterocycles. The minimum absolute atomic E-state index is 0.0493. The van der Waals surface area contributed by atoms with E-state index >= 15 is 0 Å². The van der Waals surface area contributed by atoms with Gasteiger partial charge >= 0.3 is 0 Å². The van der Waals surface area contributed by atoms with Crippen molar-refractivity contribution in [2.45, 2.75) is 57.6 Å². The van der Waals surface area contributed by atoms with Crippen molar-refractivity contribution in [1.29, 1.82) is 0 Å². The molecule has 3 N–H and O–H groups in total. The van der Waals surface area contributed by atoms with E-state index in [2.05, 4.69) is 31.2 Å². The zero-order valence-corrected chi connectivity index (χ0v) is 13.9. The summed E-state index contributed by atoms with van der Waals surface area (Å²) in [7, 11) is 0. The largest absolute Gasteiger partial charge is 0.391 e. The Morgan fingerprint density at radius 2 is 1.91 bits per heavy atom. The van der Waals surface area contributed by atoms with Crippen LogP contribution in [-0.4, -0.2) is 40.6 Å². The molecule has 0 bridgehead atoms.